The molecule has 0 amide bonds. The molecular formula is C19H14FNO4S. The van der Waals surface area contributed by atoms with Crippen molar-refractivity contribution >= 4 is 15.7 Å². The van der Waals surface area contributed by atoms with Crippen LogP contribution >= 0.6 is 0 Å². The van der Waals surface area contributed by atoms with Crippen molar-refractivity contribution in [2.45, 2.75) is 4.90 Å². The minimum absolute atomic E-state index is 0.108. The number of anilines is 1. The maximum atomic E-state index is 13.1. The van der Waals surface area contributed by atoms with Crippen molar-refractivity contribution < 1.29 is 22.3 Å². The second-order valence-electron chi connectivity index (χ2n) is 5.71. The van der Waals surface area contributed by atoms with Crippen molar-refractivity contribution in [3.05, 3.63) is 72.5 Å². The minimum Gasteiger partial charge on any atom is -0.454 e. The zero-order chi connectivity index (χ0) is 18.1. The lowest BCUT2D eigenvalue weighted by molar-refractivity contribution is 0.174. The van der Waals surface area contributed by atoms with Crippen LogP contribution < -0.4 is 14.2 Å². The van der Waals surface area contributed by atoms with Crippen molar-refractivity contribution in [3.8, 4) is 22.6 Å². The first kappa shape index (κ1) is 16.4. The molecule has 7 heteroatoms. The highest BCUT2D eigenvalue weighted by molar-refractivity contribution is 7.92. The lowest BCUT2D eigenvalue weighted by Crippen LogP contribution is -2.12. The molecule has 1 heterocycles. The maximum Gasteiger partial charge on any atom is 0.261 e. The highest BCUT2D eigenvalue weighted by Crippen LogP contribution is 2.35. The van der Waals surface area contributed by atoms with Crippen LogP contribution in [-0.4, -0.2) is 15.2 Å². The van der Waals surface area contributed by atoms with Gasteiger partial charge >= 0.3 is 0 Å². The Morgan fingerprint density at radius 3 is 2.42 bits per heavy atom. The number of hydrogen-bond acceptors (Lipinski definition) is 4. The molecule has 0 saturated carbocycles. The molecule has 0 saturated heterocycles. The fourth-order valence-corrected chi connectivity index (χ4v) is 3.75. The van der Waals surface area contributed by atoms with E-state index in [1.54, 1.807) is 48.5 Å². The third kappa shape index (κ3) is 3.21. The number of nitrogens with one attached hydrogen (secondary N) is 1. The summed E-state index contributed by atoms with van der Waals surface area (Å²) >= 11 is 0. The fraction of sp³-hybridized carbons (Fsp3) is 0.0526. The van der Waals surface area contributed by atoms with Gasteiger partial charge in [0.15, 0.2) is 11.5 Å². The molecule has 1 N–H and O–H groups in total. The predicted octanol–water partition coefficient (Wildman–Crippen LogP) is 4.02. The molecule has 0 aromatic heterocycles. The minimum atomic E-state index is -3.79. The molecule has 1 aliphatic rings. The molecule has 4 rings (SSSR count). The van der Waals surface area contributed by atoms with Crippen LogP contribution in [0.1, 0.15) is 0 Å². The Hall–Kier alpha value is -3.06. The summed E-state index contributed by atoms with van der Waals surface area (Å²) in [5.41, 5.74) is 1.78. The van der Waals surface area contributed by atoms with Crippen molar-refractivity contribution in [1.29, 1.82) is 0 Å². The Morgan fingerprint density at radius 1 is 0.846 bits per heavy atom. The predicted molar refractivity (Wildman–Crippen MR) is 95.2 cm³/mol. The molecule has 3 aromatic rings. The lowest BCUT2D eigenvalue weighted by atomic mass is 10.1. The molecule has 0 bridgehead atoms. The van der Waals surface area contributed by atoms with Gasteiger partial charge in [0, 0.05) is 6.07 Å². The number of fused-ring (bicyclic) bond motifs is 1. The number of hydrogen-bond donors (Lipinski definition) is 1. The quantitative estimate of drug-likeness (QED) is 0.752. The standard InChI is InChI=1S/C19H14FNO4S/c20-15-6-4-13(5-7-15)14-2-1-3-17(10-14)26(22,23)21-16-8-9-18-19(11-16)25-12-24-18/h1-11,21H,12H2. The number of benzene rings is 3. The summed E-state index contributed by atoms with van der Waals surface area (Å²) in [6.45, 7) is 0.116. The SMILES string of the molecule is O=S(=O)(Nc1ccc2c(c1)OCO2)c1cccc(-c2ccc(F)cc2)c1. The van der Waals surface area contributed by atoms with Crippen molar-refractivity contribution in [2.24, 2.45) is 0 Å². The highest BCUT2D eigenvalue weighted by atomic mass is 32.2. The third-order valence-electron chi connectivity index (χ3n) is 3.95. The zero-order valence-electron chi connectivity index (χ0n) is 13.5. The summed E-state index contributed by atoms with van der Waals surface area (Å²) in [5.74, 6) is 0.721. The zero-order valence-corrected chi connectivity index (χ0v) is 14.3. The third-order valence-corrected chi connectivity index (χ3v) is 5.33. The molecule has 0 fully saturated rings. The summed E-state index contributed by atoms with van der Waals surface area (Å²) in [6, 6.07) is 17.2. The van der Waals surface area contributed by atoms with Gasteiger partial charge in [-0.1, -0.05) is 24.3 Å². The van der Waals surface area contributed by atoms with E-state index >= 15 is 0 Å². The van der Waals surface area contributed by atoms with Gasteiger partial charge in [-0.15, -0.1) is 0 Å². The largest absolute Gasteiger partial charge is 0.454 e. The molecule has 0 radical (unpaired) electrons. The van der Waals surface area contributed by atoms with Crippen molar-refractivity contribution in [3.63, 3.8) is 0 Å². The summed E-state index contributed by atoms with van der Waals surface area (Å²) in [7, 11) is -3.79. The molecule has 1 aliphatic heterocycles. The summed E-state index contributed by atoms with van der Waals surface area (Å²) in [5, 5.41) is 0. The van der Waals surface area contributed by atoms with E-state index in [-0.39, 0.29) is 17.5 Å². The normalized spacial score (nSPS) is 12.8. The smallest absolute Gasteiger partial charge is 0.261 e. The van der Waals surface area contributed by atoms with E-state index in [0.717, 1.165) is 5.56 Å². The Bertz CT molecular complexity index is 1070. The van der Waals surface area contributed by atoms with E-state index in [1.807, 2.05) is 0 Å². The fourth-order valence-electron chi connectivity index (χ4n) is 2.66. The second-order valence-corrected chi connectivity index (χ2v) is 7.39. The molecule has 5 nitrogen and oxygen atoms in total. The molecule has 132 valence electrons. The molecule has 26 heavy (non-hydrogen) atoms. The van der Waals surface area contributed by atoms with Crippen LogP contribution in [0.15, 0.2) is 71.6 Å². The van der Waals surface area contributed by atoms with E-state index in [0.29, 0.717) is 22.7 Å². The van der Waals surface area contributed by atoms with Crippen LogP contribution in [0.25, 0.3) is 11.1 Å². The first-order chi connectivity index (χ1) is 12.5. The van der Waals surface area contributed by atoms with Crippen LogP contribution in [0.2, 0.25) is 0 Å². The van der Waals surface area contributed by atoms with E-state index in [4.69, 9.17) is 9.47 Å². The van der Waals surface area contributed by atoms with Gasteiger partial charge in [0.2, 0.25) is 6.79 Å². The summed E-state index contributed by atoms with van der Waals surface area (Å²) in [4.78, 5) is 0.108. The Labute approximate surface area is 150 Å². The summed E-state index contributed by atoms with van der Waals surface area (Å²) < 4.78 is 51.5. The maximum absolute atomic E-state index is 13.1. The Kier molecular flexibility index (Phi) is 4.00. The monoisotopic (exact) mass is 371 g/mol. The average Bonchev–Trinajstić information content (AvgIpc) is 3.10. The van der Waals surface area contributed by atoms with Gasteiger partial charge in [-0.25, -0.2) is 12.8 Å². The number of halogens is 1. The first-order valence-electron chi connectivity index (χ1n) is 7.80. The van der Waals surface area contributed by atoms with Crippen LogP contribution in [0.4, 0.5) is 10.1 Å². The van der Waals surface area contributed by atoms with Gasteiger partial charge < -0.3 is 9.47 Å². The molecule has 3 aromatic carbocycles. The molecule has 0 aliphatic carbocycles. The number of rotatable bonds is 4. The van der Waals surface area contributed by atoms with Crippen LogP contribution in [0.3, 0.4) is 0 Å². The highest BCUT2D eigenvalue weighted by Gasteiger charge is 2.18. The Balaban J connectivity index is 1.63. The van der Waals surface area contributed by atoms with Crippen LogP contribution in [-0.2, 0) is 10.0 Å². The lowest BCUT2D eigenvalue weighted by Gasteiger charge is -2.10. The molecule has 0 atom stereocenters. The number of ether oxygens (including phenoxy) is 2. The van der Waals surface area contributed by atoms with Gasteiger partial charge in [0.25, 0.3) is 10.0 Å². The van der Waals surface area contributed by atoms with Gasteiger partial charge in [0.05, 0.1) is 10.6 Å². The van der Waals surface area contributed by atoms with E-state index in [2.05, 4.69) is 4.72 Å². The van der Waals surface area contributed by atoms with Crippen LogP contribution in [0.5, 0.6) is 11.5 Å². The average molecular weight is 371 g/mol. The van der Waals surface area contributed by atoms with Crippen molar-refractivity contribution in [1.82, 2.24) is 0 Å². The van der Waals surface area contributed by atoms with Gasteiger partial charge in [0.1, 0.15) is 5.82 Å². The van der Waals surface area contributed by atoms with Crippen molar-refractivity contribution in [2.75, 3.05) is 11.5 Å². The van der Waals surface area contributed by atoms with Crippen LogP contribution in [0, 0.1) is 5.82 Å². The van der Waals surface area contributed by atoms with E-state index < -0.39 is 10.0 Å². The first-order valence-corrected chi connectivity index (χ1v) is 9.28. The molecule has 0 unspecified atom stereocenters. The van der Waals surface area contributed by atoms with E-state index in [9.17, 15) is 12.8 Å². The Morgan fingerprint density at radius 2 is 1.62 bits per heavy atom. The summed E-state index contributed by atoms with van der Waals surface area (Å²) in [6.07, 6.45) is 0. The molecular weight excluding hydrogens is 357 g/mol. The topological polar surface area (TPSA) is 64.6 Å². The van der Waals surface area contributed by atoms with E-state index in [1.165, 1.54) is 18.2 Å². The van der Waals surface area contributed by atoms with Gasteiger partial charge in [-0.3, -0.25) is 4.72 Å². The van der Waals surface area contributed by atoms with Gasteiger partial charge in [-0.2, -0.15) is 0 Å². The number of sulfonamides is 1. The molecule has 0 spiro atoms. The second kappa shape index (κ2) is 6.34. The van der Waals surface area contributed by atoms with Gasteiger partial charge in [-0.05, 0) is 47.5 Å².